The summed E-state index contributed by atoms with van der Waals surface area (Å²) >= 11 is 1.08. The van der Waals surface area contributed by atoms with Crippen molar-refractivity contribution in [1.82, 2.24) is 0 Å². The molecule has 0 heterocycles. The van der Waals surface area contributed by atoms with Gasteiger partial charge in [0.15, 0.2) is 0 Å². The first-order valence-electron chi connectivity index (χ1n) is 7.37. The zero-order valence-corrected chi connectivity index (χ0v) is 14.2. The standard InChI is InChI=1S/C17H17F2N3O2S/c1-2-10(20)9-21-11-3-5-12(6-4-11)25-22-16-8-14(18)13(17(23)24)7-15(16)19/h3-9,21-22H,2,20H2,1H3,(H,23,24)/b10-9-. The number of hydrogen-bond donors (Lipinski definition) is 4. The van der Waals surface area contributed by atoms with Crippen molar-refractivity contribution >= 4 is 29.3 Å². The fourth-order valence-electron chi connectivity index (χ4n) is 1.80. The molecule has 8 heteroatoms. The van der Waals surface area contributed by atoms with E-state index in [1.54, 1.807) is 18.3 Å². The van der Waals surface area contributed by atoms with Gasteiger partial charge < -0.3 is 20.9 Å². The van der Waals surface area contributed by atoms with Gasteiger partial charge in [0.2, 0.25) is 0 Å². The molecule has 5 nitrogen and oxygen atoms in total. The molecule has 0 amide bonds. The van der Waals surface area contributed by atoms with Crippen LogP contribution in [0.25, 0.3) is 0 Å². The molecule has 0 bridgehead atoms. The molecule has 0 saturated carbocycles. The van der Waals surface area contributed by atoms with E-state index >= 15 is 0 Å². The molecule has 0 aromatic heterocycles. The molecule has 0 spiro atoms. The van der Waals surface area contributed by atoms with Crippen molar-refractivity contribution in [1.29, 1.82) is 0 Å². The molecule has 0 fully saturated rings. The number of nitrogens with two attached hydrogens (primary N) is 1. The van der Waals surface area contributed by atoms with Gasteiger partial charge in [-0.05, 0) is 48.7 Å². The summed E-state index contributed by atoms with van der Waals surface area (Å²) < 4.78 is 30.1. The fraction of sp³-hybridized carbons (Fsp3) is 0.118. The maximum Gasteiger partial charge on any atom is 0.338 e. The second-order valence-electron chi connectivity index (χ2n) is 5.06. The maximum absolute atomic E-state index is 13.8. The highest BCUT2D eigenvalue weighted by Gasteiger charge is 2.15. The van der Waals surface area contributed by atoms with Crippen molar-refractivity contribution < 1.29 is 18.7 Å². The average Bonchev–Trinajstić information content (AvgIpc) is 2.60. The van der Waals surface area contributed by atoms with E-state index in [0.29, 0.717) is 6.07 Å². The Labute approximate surface area is 148 Å². The molecule has 2 aromatic rings. The van der Waals surface area contributed by atoms with Gasteiger partial charge in [-0.15, -0.1) is 0 Å². The van der Waals surface area contributed by atoms with Gasteiger partial charge in [-0.1, -0.05) is 6.92 Å². The van der Waals surface area contributed by atoms with E-state index in [-0.39, 0.29) is 5.69 Å². The summed E-state index contributed by atoms with van der Waals surface area (Å²) in [5.41, 5.74) is 6.42. The summed E-state index contributed by atoms with van der Waals surface area (Å²) in [4.78, 5) is 11.5. The van der Waals surface area contributed by atoms with Crippen LogP contribution in [0.2, 0.25) is 0 Å². The number of benzene rings is 2. The van der Waals surface area contributed by atoms with Crippen molar-refractivity contribution in [3.05, 3.63) is 65.5 Å². The molecule has 0 aliphatic heterocycles. The Kier molecular flexibility index (Phi) is 6.24. The van der Waals surface area contributed by atoms with Crippen LogP contribution in [0, 0.1) is 11.6 Å². The minimum atomic E-state index is -1.52. The van der Waals surface area contributed by atoms with Crippen LogP contribution in [0.1, 0.15) is 23.7 Å². The predicted octanol–water partition coefficient (Wildman–Crippen LogP) is 4.40. The molecule has 132 valence electrons. The van der Waals surface area contributed by atoms with Gasteiger partial charge in [-0.3, -0.25) is 0 Å². The van der Waals surface area contributed by atoms with Gasteiger partial charge in [-0.25, -0.2) is 13.6 Å². The Balaban J connectivity index is 2.02. The molecule has 25 heavy (non-hydrogen) atoms. The van der Waals surface area contributed by atoms with E-state index in [1.807, 2.05) is 19.1 Å². The molecule has 0 aliphatic carbocycles. The van der Waals surface area contributed by atoms with Gasteiger partial charge in [0, 0.05) is 28.5 Å². The Hall–Kier alpha value is -2.74. The van der Waals surface area contributed by atoms with Crippen molar-refractivity contribution in [3.8, 4) is 0 Å². The Morgan fingerprint density at radius 1 is 1.24 bits per heavy atom. The minimum absolute atomic E-state index is 0.131. The Bertz CT molecular complexity index is 795. The van der Waals surface area contributed by atoms with Crippen LogP contribution >= 0.6 is 11.9 Å². The lowest BCUT2D eigenvalue weighted by atomic mass is 10.2. The molecule has 0 radical (unpaired) electrons. The normalized spacial score (nSPS) is 11.2. The second-order valence-corrected chi connectivity index (χ2v) is 5.94. The van der Waals surface area contributed by atoms with Crippen molar-refractivity contribution in [3.63, 3.8) is 0 Å². The lowest BCUT2D eigenvalue weighted by Gasteiger charge is -2.09. The van der Waals surface area contributed by atoms with E-state index < -0.39 is 23.2 Å². The molecule has 2 aromatic carbocycles. The quantitative estimate of drug-likeness (QED) is 0.544. The number of carbonyl (C=O) groups is 1. The van der Waals surface area contributed by atoms with Crippen LogP contribution in [0.5, 0.6) is 0 Å². The van der Waals surface area contributed by atoms with Crippen LogP contribution in [-0.2, 0) is 0 Å². The van der Waals surface area contributed by atoms with Crippen molar-refractivity contribution in [2.45, 2.75) is 18.2 Å². The van der Waals surface area contributed by atoms with E-state index in [2.05, 4.69) is 10.0 Å². The number of halogens is 2. The monoisotopic (exact) mass is 365 g/mol. The van der Waals surface area contributed by atoms with Crippen LogP contribution in [0.4, 0.5) is 20.2 Å². The van der Waals surface area contributed by atoms with Crippen LogP contribution in [-0.4, -0.2) is 11.1 Å². The lowest BCUT2D eigenvalue weighted by Crippen LogP contribution is -2.03. The highest BCUT2D eigenvalue weighted by molar-refractivity contribution is 8.00. The number of allylic oxidation sites excluding steroid dienone is 1. The summed E-state index contributed by atoms with van der Waals surface area (Å²) in [5.74, 6) is -3.36. The SMILES string of the molecule is CC/C(N)=C/Nc1ccc(SNc2cc(F)c(C(=O)O)cc2F)cc1. The van der Waals surface area contributed by atoms with Crippen molar-refractivity contribution in [2.75, 3.05) is 10.0 Å². The summed E-state index contributed by atoms with van der Waals surface area (Å²) in [7, 11) is 0. The maximum atomic E-state index is 13.8. The van der Waals surface area contributed by atoms with Crippen molar-refractivity contribution in [2.24, 2.45) is 5.73 Å². The van der Waals surface area contributed by atoms with Crippen LogP contribution < -0.4 is 15.8 Å². The number of aromatic carboxylic acids is 1. The zero-order chi connectivity index (χ0) is 18.4. The third-order valence-corrected chi connectivity index (χ3v) is 4.08. The summed E-state index contributed by atoms with van der Waals surface area (Å²) in [6, 6.07) is 8.67. The van der Waals surface area contributed by atoms with Crippen LogP contribution in [0.3, 0.4) is 0 Å². The number of carboxylic acids is 1. The van der Waals surface area contributed by atoms with Crippen LogP contribution in [0.15, 0.2) is 53.2 Å². The molecule has 0 saturated heterocycles. The zero-order valence-electron chi connectivity index (χ0n) is 13.3. The molecule has 0 unspecified atom stereocenters. The number of nitrogens with one attached hydrogen (secondary N) is 2. The topological polar surface area (TPSA) is 87.4 Å². The molecule has 0 atom stereocenters. The third kappa shape index (κ3) is 5.12. The highest BCUT2D eigenvalue weighted by Crippen LogP contribution is 2.26. The number of rotatable bonds is 7. The lowest BCUT2D eigenvalue weighted by molar-refractivity contribution is 0.0691. The first-order valence-corrected chi connectivity index (χ1v) is 8.18. The smallest absolute Gasteiger partial charge is 0.338 e. The molecule has 5 N–H and O–H groups in total. The molecular formula is C17H17F2N3O2S. The average molecular weight is 365 g/mol. The van der Waals surface area contributed by atoms with Gasteiger partial charge in [-0.2, -0.15) is 0 Å². The van der Waals surface area contributed by atoms with E-state index in [4.69, 9.17) is 10.8 Å². The number of anilines is 2. The highest BCUT2D eigenvalue weighted by atomic mass is 32.2. The first kappa shape index (κ1) is 18.6. The first-order chi connectivity index (χ1) is 11.9. The largest absolute Gasteiger partial charge is 0.478 e. The van der Waals surface area contributed by atoms with Gasteiger partial charge in [0.1, 0.15) is 11.6 Å². The summed E-state index contributed by atoms with van der Waals surface area (Å²) in [5, 5.41) is 11.8. The summed E-state index contributed by atoms with van der Waals surface area (Å²) in [6.45, 7) is 1.95. The molecular weight excluding hydrogens is 348 g/mol. The Morgan fingerprint density at radius 2 is 1.92 bits per heavy atom. The molecule has 2 rings (SSSR count). The van der Waals surface area contributed by atoms with Gasteiger partial charge in [0.25, 0.3) is 0 Å². The molecule has 0 aliphatic rings. The van der Waals surface area contributed by atoms with Gasteiger partial charge >= 0.3 is 5.97 Å². The predicted molar refractivity (Wildman–Crippen MR) is 95.4 cm³/mol. The minimum Gasteiger partial charge on any atom is -0.478 e. The fourth-order valence-corrected chi connectivity index (χ4v) is 2.46. The summed E-state index contributed by atoms with van der Waals surface area (Å²) in [6.07, 6.45) is 2.45. The van der Waals surface area contributed by atoms with E-state index in [0.717, 1.165) is 40.7 Å². The Morgan fingerprint density at radius 3 is 2.52 bits per heavy atom. The van der Waals surface area contributed by atoms with E-state index in [9.17, 15) is 13.6 Å². The van der Waals surface area contributed by atoms with Gasteiger partial charge in [0.05, 0.1) is 11.3 Å². The van der Waals surface area contributed by atoms with E-state index in [1.165, 1.54) is 0 Å². The number of carboxylic acid groups (broad SMARTS) is 1. The second kappa shape index (κ2) is 8.39. The number of hydrogen-bond acceptors (Lipinski definition) is 5. The third-order valence-electron chi connectivity index (χ3n) is 3.25.